The van der Waals surface area contributed by atoms with Crippen LogP contribution in [0.3, 0.4) is 0 Å². The highest BCUT2D eigenvalue weighted by molar-refractivity contribution is 7.89. The lowest BCUT2D eigenvalue weighted by Crippen LogP contribution is -2.45. The summed E-state index contributed by atoms with van der Waals surface area (Å²) >= 11 is 0. The van der Waals surface area contributed by atoms with Gasteiger partial charge in [-0.3, -0.25) is 4.79 Å². The summed E-state index contributed by atoms with van der Waals surface area (Å²) in [7, 11) is -2.07. The molecule has 1 aliphatic rings. The molecule has 2 rings (SSSR count). The molecule has 8 heteroatoms. The predicted octanol–water partition coefficient (Wildman–Crippen LogP) is 0.0931. The van der Waals surface area contributed by atoms with Gasteiger partial charge in [-0.1, -0.05) is 0 Å². The van der Waals surface area contributed by atoms with Crippen molar-refractivity contribution in [2.45, 2.75) is 23.8 Å². The molecule has 0 saturated carbocycles. The molecule has 1 fully saturated rings. The average Bonchev–Trinajstić information content (AvgIpc) is 2.56. The van der Waals surface area contributed by atoms with Crippen LogP contribution < -0.4 is 15.4 Å². The zero-order valence-electron chi connectivity index (χ0n) is 13.2. The normalized spacial score (nSPS) is 18.6. The Bertz CT molecular complexity index is 610. The van der Waals surface area contributed by atoms with Gasteiger partial charge in [0, 0.05) is 31.8 Å². The summed E-state index contributed by atoms with van der Waals surface area (Å²) in [6.07, 6.45) is 1.99. The lowest BCUT2D eigenvalue weighted by atomic mass is 10.1. The number of carbonyl (C=O) groups excluding carboxylic acids is 1. The summed E-state index contributed by atoms with van der Waals surface area (Å²) in [6.45, 7) is 2.25. The van der Waals surface area contributed by atoms with E-state index >= 15 is 0 Å². The van der Waals surface area contributed by atoms with Crippen molar-refractivity contribution in [2.24, 2.45) is 0 Å². The lowest BCUT2D eigenvalue weighted by molar-refractivity contribution is 0.0930. The Hall–Kier alpha value is -1.48. The summed E-state index contributed by atoms with van der Waals surface area (Å²) in [4.78, 5) is 12.3. The van der Waals surface area contributed by atoms with Crippen molar-refractivity contribution >= 4 is 15.9 Å². The number of carbonyl (C=O) groups is 1. The van der Waals surface area contributed by atoms with E-state index in [0.29, 0.717) is 12.2 Å². The van der Waals surface area contributed by atoms with Gasteiger partial charge in [-0.05, 0) is 43.7 Å². The van der Waals surface area contributed by atoms with Crippen LogP contribution in [0, 0.1) is 0 Å². The van der Waals surface area contributed by atoms with E-state index < -0.39 is 10.0 Å². The van der Waals surface area contributed by atoms with Crippen molar-refractivity contribution in [3.8, 4) is 0 Å². The number of methoxy groups -OCH3 is 1. The first kappa shape index (κ1) is 17.9. The van der Waals surface area contributed by atoms with E-state index in [0.717, 1.165) is 25.9 Å². The number of sulfonamides is 1. The molecular weight excluding hydrogens is 318 g/mol. The zero-order chi connectivity index (χ0) is 16.7. The van der Waals surface area contributed by atoms with E-state index in [4.69, 9.17) is 4.74 Å². The highest BCUT2D eigenvalue weighted by atomic mass is 32.2. The number of ether oxygens (including phenoxy) is 1. The van der Waals surface area contributed by atoms with E-state index in [1.54, 1.807) is 0 Å². The second-order valence-corrected chi connectivity index (χ2v) is 7.20. The molecule has 1 heterocycles. The Balaban J connectivity index is 1.96. The minimum atomic E-state index is -3.57. The highest BCUT2D eigenvalue weighted by Gasteiger charge is 2.18. The molecule has 0 spiro atoms. The van der Waals surface area contributed by atoms with Crippen LogP contribution in [0.1, 0.15) is 23.2 Å². The molecule has 0 aromatic heterocycles. The van der Waals surface area contributed by atoms with Crippen molar-refractivity contribution in [1.29, 1.82) is 0 Å². The van der Waals surface area contributed by atoms with Crippen molar-refractivity contribution in [3.63, 3.8) is 0 Å². The Morgan fingerprint density at radius 2 is 2.09 bits per heavy atom. The molecule has 0 aliphatic carbocycles. The van der Waals surface area contributed by atoms with Crippen molar-refractivity contribution in [3.05, 3.63) is 29.8 Å². The third kappa shape index (κ3) is 5.28. The maximum absolute atomic E-state index is 12.2. The lowest BCUT2D eigenvalue weighted by Gasteiger charge is -2.23. The molecule has 0 radical (unpaired) electrons. The van der Waals surface area contributed by atoms with Crippen LogP contribution in [-0.2, 0) is 14.8 Å². The molecule has 1 aromatic rings. The summed E-state index contributed by atoms with van der Waals surface area (Å²) < 4.78 is 31.3. The molecule has 1 amide bonds. The number of benzene rings is 1. The Morgan fingerprint density at radius 1 is 1.35 bits per heavy atom. The van der Waals surface area contributed by atoms with E-state index in [1.165, 1.54) is 31.4 Å². The minimum absolute atomic E-state index is 0.121. The molecule has 1 atom stereocenters. The molecule has 0 bridgehead atoms. The zero-order valence-corrected chi connectivity index (χ0v) is 14.0. The minimum Gasteiger partial charge on any atom is -0.383 e. The van der Waals surface area contributed by atoms with Gasteiger partial charge in [0.05, 0.1) is 11.5 Å². The van der Waals surface area contributed by atoms with E-state index in [2.05, 4.69) is 15.4 Å². The van der Waals surface area contributed by atoms with Crippen LogP contribution in [0.4, 0.5) is 0 Å². The van der Waals surface area contributed by atoms with Gasteiger partial charge < -0.3 is 15.4 Å². The summed E-state index contributed by atoms with van der Waals surface area (Å²) in [5.41, 5.74) is 0.450. The van der Waals surface area contributed by atoms with Crippen molar-refractivity contribution in [1.82, 2.24) is 15.4 Å². The summed E-state index contributed by atoms with van der Waals surface area (Å²) in [6, 6.07) is 6.04. The first-order chi connectivity index (χ1) is 11.0. The summed E-state index contributed by atoms with van der Waals surface area (Å²) in [5, 5.41) is 6.18. The predicted molar refractivity (Wildman–Crippen MR) is 86.9 cm³/mol. The first-order valence-electron chi connectivity index (χ1n) is 7.63. The molecule has 1 aromatic carbocycles. The maximum Gasteiger partial charge on any atom is 0.251 e. The smallest absolute Gasteiger partial charge is 0.251 e. The van der Waals surface area contributed by atoms with Gasteiger partial charge in [-0.15, -0.1) is 0 Å². The van der Waals surface area contributed by atoms with E-state index in [-0.39, 0.29) is 23.4 Å². The number of hydrogen-bond acceptors (Lipinski definition) is 5. The van der Waals surface area contributed by atoms with Crippen LogP contribution in [-0.4, -0.2) is 53.7 Å². The van der Waals surface area contributed by atoms with Crippen LogP contribution in [0.2, 0.25) is 0 Å². The average molecular weight is 341 g/mol. The molecule has 23 heavy (non-hydrogen) atoms. The fraction of sp³-hybridized carbons (Fsp3) is 0.533. The Kier molecular flexibility index (Phi) is 6.52. The maximum atomic E-state index is 12.2. The number of hydrogen-bond donors (Lipinski definition) is 3. The van der Waals surface area contributed by atoms with Gasteiger partial charge in [0.2, 0.25) is 10.0 Å². The van der Waals surface area contributed by atoms with Crippen LogP contribution >= 0.6 is 0 Å². The Labute approximate surface area is 136 Å². The molecule has 1 aliphatic heterocycles. The fourth-order valence-electron chi connectivity index (χ4n) is 2.39. The molecule has 1 unspecified atom stereocenters. The molecular formula is C15H23N3O4S. The van der Waals surface area contributed by atoms with Gasteiger partial charge >= 0.3 is 0 Å². The largest absolute Gasteiger partial charge is 0.383 e. The third-order valence-electron chi connectivity index (χ3n) is 3.66. The fourth-order valence-corrected chi connectivity index (χ4v) is 3.40. The monoisotopic (exact) mass is 341 g/mol. The standard InChI is InChI=1S/C15H23N3O4S/c1-22-10-9-17-23(20,21)14-6-4-12(5-7-14)15(19)18-13-3-2-8-16-11-13/h4-7,13,16-17H,2-3,8-11H2,1H3,(H,18,19). The van der Waals surface area contributed by atoms with Crippen molar-refractivity contribution < 1.29 is 17.9 Å². The van der Waals surface area contributed by atoms with Crippen LogP contribution in [0.5, 0.6) is 0 Å². The quantitative estimate of drug-likeness (QED) is 0.611. The number of piperidine rings is 1. The number of nitrogens with one attached hydrogen (secondary N) is 3. The first-order valence-corrected chi connectivity index (χ1v) is 9.11. The highest BCUT2D eigenvalue weighted by Crippen LogP contribution is 2.11. The van der Waals surface area contributed by atoms with Gasteiger partial charge in [-0.2, -0.15) is 0 Å². The van der Waals surface area contributed by atoms with Gasteiger partial charge in [-0.25, -0.2) is 13.1 Å². The van der Waals surface area contributed by atoms with Crippen molar-refractivity contribution in [2.75, 3.05) is 33.4 Å². The number of amides is 1. The molecule has 7 nitrogen and oxygen atoms in total. The summed E-state index contributed by atoms with van der Waals surface area (Å²) in [5.74, 6) is -0.185. The Morgan fingerprint density at radius 3 is 2.70 bits per heavy atom. The van der Waals surface area contributed by atoms with Gasteiger partial charge in [0.15, 0.2) is 0 Å². The SMILES string of the molecule is COCCNS(=O)(=O)c1ccc(C(=O)NC2CCCNC2)cc1. The molecule has 1 saturated heterocycles. The molecule has 128 valence electrons. The third-order valence-corrected chi connectivity index (χ3v) is 5.13. The van der Waals surface area contributed by atoms with Gasteiger partial charge in [0.25, 0.3) is 5.91 Å². The number of rotatable bonds is 7. The van der Waals surface area contributed by atoms with Gasteiger partial charge in [0.1, 0.15) is 0 Å². The second-order valence-electron chi connectivity index (χ2n) is 5.43. The second kappa shape index (κ2) is 8.39. The molecule has 3 N–H and O–H groups in total. The van der Waals surface area contributed by atoms with Crippen LogP contribution in [0.15, 0.2) is 29.2 Å². The topological polar surface area (TPSA) is 96.5 Å². The van der Waals surface area contributed by atoms with E-state index in [1.807, 2.05) is 0 Å². The van der Waals surface area contributed by atoms with E-state index in [9.17, 15) is 13.2 Å². The van der Waals surface area contributed by atoms with Crippen LogP contribution in [0.25, 0.3) is 0 Å².